The van der Waals surface area contributed by atoms with E-state index < -0.39 is 11.5 Å². The number of aryl methyl sites for hydroxylation is 2. The van der Waals surface area contributed by atoms with Gasteiger partial charge in [0.1, 0.15) is 18.2 Å². The van der Waals surface area contributed by atoms with Crippen LogP contribution >= 0.6 is 0 Å². The number of pyridine rings is 2. The van der Waals surface area contributed by atoms with Crippen molar-refractivity contribution in [2.24, 2.45) is 0 Å². The lowest BCUT2D eigenvalue weighted by Crippen LogP contribution is -2.31. The second kappa shape index (κ2) is 9.50. The maximum atomic E-state index is 12.4. The highest BCUT2D eigenvalue weighted by Gasteiger charge is 2.13. The summed E-state index contributed by atoms with van der Waals surface area (Å²) in [6.07, 6.45) is 3.34. The molecule has 0 aliphatic heterocycles. The topological polar surface area (TPSA) is 117 Å². The van der Waals surface area contributed by atoms with E-state index in [1.165, 1.54) is 4.57 Å². The number of benzene rings is 1. The second-order valence-corrected chi connectivity index (χ2v) is 7.02. The van der Waals surface area contributed by atoms with Crippen LogP contribution in [-0.2, 0) is 17.9 Å². The van der Waals surface area contributed by atoms with Gasteiger partial charge in [-0.15, -0.1) is 0 Å². The summed E-state index contributed by atoms with van der Waals surface area (Å²) >= 11 is 0. The van der Waals surface area contributed by atoms with Gasteiger partial charge in [-0.3, -0.25) is 19.4 Å². The van der Waals surface area contributed by atoms with Crippen LogP contribution in [0, 0.1) is 25.2 Å². The van der Waals surface area contributed by atoms with Crippen LogP contribution in [0.4, 0.5) is 5.69 Å². The zero-order valence-corrected chi connectivity index (χ0v) is 17.2. The Hall–Kier alpha value is -4.25. The maximum absolute atomic E-state index is 12.4. The fourth-order valence-electron chi connectivity index (χ4n) is 3.10. The standard InChI is InChI=1S/C23H21N5O3/c1-15-10-16(2)28(23(31)20(15)11-24)14-21(29)27-19-7-5-18(6-8-19)22(30)26-13-17-4-3-9-25-12-17/h3-10,12H,13-14H2,1-2H3,(H,26,30)(H,27,29). The Kier molecular flexibility index (Phi) is 6.58. The summed E-state index contributed by atoms with van der Waals surface area (Å²) in [6.45, 7) is 3.54. The van der Waals surface area contributed by atoms with Gasteiger partial charge in [-0.25, -0.2) is 0 Å². The molecular formula is C23H21N5O3. The SMILES string of the molecule is Cc1cc(C)n(CC(=O)Nc2ccc(C(=O)NCc3cccnc3)cc2)c(=O)c1C#N. The molecule has 2 amide bonds. The van der Waals surface area contributed by atoms with Gasteiger partial charge in [0.2, 0.25) is 5.91 Å². The Morgan fingerprint density at radius 2 is 1.90 bits per heavy atom. The van der Waals surface area contributed by atoms with Gasteiger partial charge in [-0.2, -0.15) is 5.26 Å². The van der Waals surface area contributed by atoms with E-state index in [1.54, 1.807) is 62.6 Å². The van der Waals surface area contributed by atoms with Crippen molar-refractivity contribution in [3.63, 3.8) is 0 Å². The van der Waals surface area contributed by atoms with Gasteiger partial charge < -0.3 is 15.2 Å². The van der Waals surface area contributed by atoms with Crippen molar-refractivity contribution < 1.29 is 9.59 Å². The number of aromatic nitrogens is 2. The Bertz CT molecular complexity index is 1210. The van der Waals surface area contributed by atoms with E-state index >= 15 is 0 Å². The number of anilines is 1. The Balaban J connectivity index is 1.62. The summed E-state index contributed by atoms with van der Waals surface area (Å²) < 4.78 is 1.27. The zero-order chi connectivity index (χ0) is 22.4. The third-order valence-corrected chi connectivity index (χ3v) is 4.72. The number of nitriles is 1. The summed E-state index contributed by atoms with van der Waals surface area (Å²) in [6, 6.07) is 13.7. The number of amides is 2. The molecule has 0 aliphatic rings. The van der Waals surface area contributed by atoms with Crippen molar-refractivity contribution in [1.29, 1.82) is 5.26 Å². The molecule has 8 nitrogen and oxygen atoms in total. The molecule has 0 atom stereocenters. The first-order valence-corrected chi connectivity index (χ1v) is 9.57. The molecule has 2 heterocycles. The molecule has 2 N–H and O–H groups in total. The van der Waals surface area contributed by atoms with Gasteiger partial charge in [0.25, 0.3) is 11.5 Å². The Morgan fingerprint density at radius 1 is 1.16 bits per heavy atom. The number of rotatable bonds is 6. The molecule has 3 rings (SSSR count). The molecule has 3 aromatic rings. The molecular weight excluding hydrogens is 394 g/mol. The predicted octanol–water partition coefficient (Wildman–Crippen LogP) is 2.30. The fraction of sp³-hybridized carbons (Fsp3) is 0.174. The molecule has 0 aliphatic carbocycles. The minimum Gasteiger partial charge on any atom is -0.348 e. The van der Waals surface area contributed by atoms with Crippen LogP contribution in [0.2, 0.25) is 0 Å². The molecule has 1 aromatic carbocycles. The number of hydrogen-bond donors (Lipinski definition) is 2. The first-order valence-electron chi connectivity index (χ1n) is 9.57. The first kappa shape index (κ1) is 21.5. The summed E-state index contributed by atoms with van der Waals surface area (Å²) in [5.41, 5.74) is 2.55. The van der Waals surface area contributed by atoms with Crippen molar-refractivity contribution in [2.75, 3.05) is 5.32 Å². The van der Waals surface area contributed by atoms with Crippen LogP contribution in [-0.4, -0.2) is 21.4 Å². The van der Waals surface area contributed by atoms with Crippen LogP contribution in [0.1, 0.15) is 32.7 Å². The van der Waals surface area contributed by atoms with E-state index in [-0.39, 0.29) is 18.0 Å². The molecule has 0 radical (unpaired) electrons. The highest BCUT2D eigenvalue weighted by Crippen LogP contribution is 2.11. The summed E-state index contributed by atoms with van der Waals surface area (Å²) in [4.78, 5) is 41.1. The number of carbonyl (C=O) groups is 2. The number of carbonyl (C=O) groups excluding carboxylic acids is 2. The van der Waals surface area contributed by atoms with Crippen LogP contribution < -0.4 is 16.2 Å². The quantitative estimate of drug-likeness (QED) is 0.641. The van der Waals surface area contributed by atoms with Crippen LogP contribution in [0.15, 0.2) is 59.7 Å². The summed E-state index contributed by atoms with van der Waals surface area (Å²) in [7, 11) is 0. The average molecular weight is 415 g/mol. The smallest absolute Gasteiger partial charge is 0.269 e. The molecule has 0 spiro atoms. The fourth-order valence-corrected chi connectivity index (χ4v) is 3.10. The van der Waals surface area contributed by atoms with E-state index in [1.807, 2.05) is 12.1 Å². The Labute approximate surface area is 179 Å². The second-order valence-electron chi connectivity index (χ2n) is 7.02. The monoisotopic (exact) mass is 415 g/mol. The van der Waals surface area contributed by atoms with Crippen LogP contribution in [0.3, 0.4) is 0 Å². The van der Waals surface area contributed by atoms with Crippen molar-refractivity contribution >= 4 is 17.5 Å². The van der Waals surface area contributed by atoms with Crippen LogP contribution in [0.25, 0.3) is 0 Å². The van der Waals surface area contributed by atoms with Gasteiger partial charge in [-0.05, 0) is 61.4 Å². The highest BCUT2D eigenvalue weighted by molar-refractivity contribution is 5.95. The molecule has 2 aromatic heterocycles. The first-order chi connectivity index (χ1) is 14.9. The average Bonchev–Trinajstić information content (AvgIpc) is 2.76. The molecule has 31 heavy (non-hydrogen) atoms. The molecule has 156 valence electrons. The third kappa shape index (κ3) is 5.22. The largest absolute Gasteiger partial charge is 0.348 e. The lowest BCUT2D eigenvalue weighted by molar-refractivity contribution is -0.116. The van der Waals surface area contributed by atoms with Gasteiger partial charge in [0.05, 0.1) is 0 Å². The van der Waals surface area contributed by atoms with E-state index in [4.69, 9.17) is 5.26 Å². The molecule has 8 heteroatoms. The van der Waals surface area contributed by atoms with Crippen molar-refractivity contribution in [1.82, 2.24) is 14.9 Å². The third-order valence-electron chi connectivity index (χ3n) is 4.72. The minimum atomic E-state index is -0.490. The molecule has 0 unspecified atom stereocenters. The zero-order valence-electron chi connectivity index (χ0n) is 17.2. The van der Waals surface area contributed by atoms with E-state index in [0.29, 0.717) is 29.1 Å². The predicted molar refractivity (Wildman–Crippen MR) is 115 cm³/mol. The molecule has 0 fully saturated rings. The minimum absolute atomic E-state index is 0.0278. The molecule has 0 bridgehead atoms. The number of hydrogen-bond acceptors (Lipinski definition) is 5. The normalized spacial score (nSPS) is 10.2. The number of nitrogens with zero attached hydrogens (tertiary/aromatic N) is 3. The lowest BCUT2D eigenvalue weighted by Gasteiger charge is -2.12. The maximum Gasteiger partial charge on any atom is 0.269 e. The lowest BCUT2D eigenvalue weighted by atomic mass is 10.1. The number of nitrogens with one attached hydrogen (secondary N) is 2. The van der Waals surface area contributed by atoms with E-state index in [9.17, 15) is 14.4 Å². The van der Waals surface area contributed by atoms with Gasteiger partial charge in [0.15, 0.2) is 0 Å². The summed E-state index contributed by atoms with van der Waals surface area (Å²) in [5, 5.41) is 14.7. The molecule has 0 saturated carbocycles. The van der Waals surface area contributed by atoms with E-state index in [2.05, 4.69) is 15.6 Å². The Morgan fingerprint density at radius 3 is 2.55 bits per heavy atom. The van der Waals surface area contributed by atoms with Crippen LogP contribution in [0.5, 0.6) is 0 Å². The van der Waals surface area contributed by atoms with E-state index in [0.717, 1.165) is 5.56 Å². The van der Waals surface area contributed by atoms with Crippen molar-refractivity contribution in [2.45, 2.75) is 26.9 Å². The van der Waals surface area contributed by atoms with Crippen molar-refractivity contribution in [3.8, 4) is 6.07 Å². The summed E-state index contributed by atoms with van der Waals surface area (Å²) in [5.74, 6) is -0.653. The van der Waals surface area contributed by atoms with Gasteiger partial charge in [0, 0.05) is 35.9 Å². The van der Waals surface area contributed by atoms with Gasteiger partial charge >= 0.3 is 0 Å². The van der Waals surface area contributed by atoms with Gasteiger partial charge in [-0.1, -0.05) is 6.07 Å². The molecule has 0 saturated heterocycles. The van der Waals surface area contributed by atoms with Crippen molar-refractivity contribution in [3.05, 3.63) is 93.2 Å². The highest BCUT2D eigenvalue weighted by atomic mass is 16.2.